The number of nitrogens with zero attached hydrogens (tertiary/aromatic N) is 1. The van der Waals surface area contributed by atoms with Crippen molar-refractivity contribution in [2.24, 2.45) is 0 Å². The molecule has 188 valence electrons. The zero-order valence-corrected chi connectivity index (χ0v) is 20.9. The minimum atomic E-state index is -1.02. The van der Waals surface area contributed by atoms with Crippen LogP contribution in [-0.2, 0) is 33.6 Å². The highest BCUT2D eigenvalue weighted by Gasteiger charge is 2.32. The Morgan fingerprint density at radius 3 is 2.60 bits per heavy atom. The van der Waals surface area contributed by atoms with Crippen molar-refractivity contribution in [1.82, 2.24) is 10.4 Å². The summed E-state index contributed by atoms with van der Waals surface area (Å²) in [4.78, 5) is 25.5. The highest BCUT2D eigenvalue weighted by Crippen LogP contribution is 2.41. The number of aliphatic carboxylic acids is 1. The molecule has 4 rings (SSSR count). The first-order chi connectivity index (χ1) is 17.0. The lowest BCUT2D eigenvalue weighted by molar-refractivity contribution is -0.146. The van der Waals surface area contributed by atoms with Crippen LogP contribution in [0.4, 0.5) is 0 Å². The molecule has 0 saturated heterocycles. The Balaban J connectivity index is 1.57. The fourth-order valence-corrected chi connectivity index (χ4v) is 6.12. The lowest BCUT2D eigenvalue weighted by Gasteiger charge is -2.43. The Morgan fingerprint density at radius 2 is 1.91 bits per heavy atom. The van der Waals surface area contributed by atoms with Crippen molar-refractivity contribution in [2.45, 2.75) is 75.0 Å². The summed E-state index contributed by atoms with van der Waals surface area (Å²) in [6, 6.07) is 12.6. The Bertz CT molecular complexity index is 1030. The van der Waals surface area contributed by atoms with Crippen LogP contribution >= 0.6 is 11.8 Å². The van der Waals surface area contributed by atoms with Gasteiger partial charge in [0.15, 0.2) is 0 Å². The van der Waals surface area contributed by atoms with E-state index >= 15 is 0 Å². The molecule has 1 aliphatic carbocycles. The molecule has 2 N–H and O–H groups in total. The summed E-state index contributed by atoms with van der Waals surface area (Å²) in [7, 11) is 0. The first kappa shape index (κ1) is 25.7. The summed E-state index contributed by atoms with van der Waals surface area (Å²) in [6.07, 6.45) is 4.34. The van der Waals surface area contributed by atoms with Crippen molar-refractivity contribution in [3.05, 3.63) is 69.9 Å². The Labute approximate surface area is 210 Å². The molecule has 7 nitrogen and oxygen atoms in total. The van der Waals surface area contributed by atoms with E-state index < -0.39 is 30.2 Å². The fraction of sp³-hybridized carbons (Fsp3) is 0.481. The number of ether oxygens (including phenoxy) is 1. The molecule has 0 bridgehead atoms. The normalized spacial score (nSPS) is 20.9. The number of rotatable bonds is 9. The van der Waals surface area contributed by atoms with Gasteiger partial charge in [-0.15, -0.1) is 11.8 Å². The molecule has 2 unspecified atom stereocenters. The van der Waals surface area contributed by atoms with E-state index in [-0.39, 0.29) is 13.0 Å². The number of fused-ring (bicyclic) bond motifs is 2. The molecule has 0 fully saturated rings. The van der Waals surface area contributed by atoms with Crippen LogP contribution in [0.5, 0.6) is 0 Å². The molecule has 2 aromatic rings. The SMILES string of the molecule is CCOC(=O)C(CCc1ccccc1)N[C@H]1CSc2cc3c(cc2C(CC(=O)O)N1[O-])CCCC3. The number of esters is 1. The Kier molecular flexibility index (Phi) is 8.83. The van der Waals surface area contributed by atoms with Gasteiger partial charge in [0.05, 0.1) is 19.2 Å². The molecule has 3 atom stereocenters. The second-order valence-electron chi connectivity index (χ2n) is 9.16. The lowest BCUT2D eigenvalue weighted by atomic mass is 9.88. The molecular weight excluding hydrogens is 464 g/mol. The van der Waals surface area contributed by atoms with Crippen LogP contribution in [0.3, 0.4) is 0 Å². The van der Waals surface area contributed by atoms with E-state index in [1.165, 1.54) is 11.1 Å². The zero-order chi connectivity index (χ0) is 24.8. The van der Waals surface area contributed by atoms with Crippen molar-refractivity contribution < 1.29 is 19.4 Å². The summed E-state index contributed by atoms with van der Waals surface area (Å²) in [5, 5.41) is 27.3. The molecule has 0 amide bonds. The maximum Gasteiger partial charge on any atom is 0.323 e. The minimum absolute atomic E-state index is 0.251. The average molecular weight is 498 g/mol. The maximum atomic E-state index is 13.6. The largest absolute Gasteiger partial charge is 0.784 e. The van der Waals surface area contributed by atoms with Crippen molar-refractivity contribution in [1.29, 1.82) is 0 Å². The molecule has 0 aromatic heterocycles. The number of hydroxylamine groups is 2. The van der Waals surface area contributed by atoms with E-state index in [1.54, 1.807) is 18.7 Å². The topological polar surface area (TPSA) is 102 Å². The standard InChI is InChI=1S/C27H33N2O5S/c1-2-34-27(32)22(13-12-18-8-4-3-5-9-18)28-25-17-35-24-15-20-11-7-6-10-19(20)14-21(24)23(29(25)33)16-26(30)31/h3-5,8-9,14-15,22-23,25,28H,2,6-7,10-13,16-17H2,1H3,(H,30,31)/q-1/t22?,23?,25-/m1/s1. The van der Waals surface area contributed by atoms with Gasteiger partial charge < -0.3 is 20.1 Å². The molecule has 2 aliphatic rings. The first-order valence-electron chi connectivity index (χ1n) is 12.4. The van der Waals surface area contributed by atoms with Crippen molar-refractivity contribution >= 4 is 23.7 Å². The van der Waals surface area contributed by atoms with Crippen molar-refractivity contribution in [3.8, 4) is 0 Å². The van der Waals surface area contributed by atoms with Crippen LogP contribution in [0.1, 0.15) is 60.9 Å². The molecule has 2 aromatic carbocycles. The molecule has 0 radical (unpaired) electrons. The number of hydrogen-bond acceptors (Lipinski definition) is 7. The average Bonchev–Trinajstić information content (AvgIpc) is 2.97. The monoisotopic (exact) mass is 497 g/mol. The molecular formula is C27H33N2O5S-. The van der Waals surface area contributed by atoms with Crippen LogP contribution in [0, 0.1) is 5.21 Å². The van der Waals surface area contributed by atoms with Gasteiger partial charge in [0.2, 0.25) is 0 Å². The third kappa shape index (κ3) is 6.44. The molecule has 35 heavy (non-hydrogen) atoms. The van der Waals surface area contributed by atoms with Crippen molar-refractivity contribution in [2.75, 3.05) is 12.4 Å². The van der Waals surface area contributed by atoms with Crippen LogP contribution in [0.25, 0.3) is 0 Å². The van der Waals surface area contributed by atoms with Gasteiger partial charge in [0.1, 0.15) is 6.04 Å². The van der Waals surface area contributed by atoms with Crippen molar-refractivity contribution in [3.63, 3.8) is 0 Å². The molecule has 1 aliphatic heterocycles. The number of carbonyl (C=O) groups excluding carboxylic acids is 1. The highest BCUT2D eigenvalue weighted by molar-refractivity contribution is 7.99. The number of aryl methyl sites for hydroxylation is 3. The number of carboxylic acid groups (broad SMARTS) is 1. The van der Waals surface area contributed by atoms with E-state index in [0.717, 1.165) is 46.8 Å². The molecule has 0 spiro atoms. The second kappa shape index (κ2) is 12.0. The predicted molar refractivity (Wildman–Crippen MR) is 136 cm³/mol. The predicted octanol–water partition coefficient (Wildman–Crippen LogP) is 4.47. The summed E-state index contributed by atoms with van der Waals surface area (Å²) < 4.78 is 5.30. The molecule has 1 heterocycles. The number of hydrogen-bond donors (Lipinski definition) is 2. The van der Waals surface area contributed by atoms with Gasteiger partial charge in [-0.3, -0.25) is 14.9 Å². The second-order valence-corrected chi connectivity index (χ2v) is 10.2. The van der Waals surface area contributed by atoms with Gasteiger partial charge in [-0.25, -0.2) is 0 Å². The Hall–Kier alpha value is -2.39. The molecule has 8 heteroatoms. The third-order valence-corrected chi connectivity index (χ3v) is 7.89. The third-order valence-electron chi connectivity index (χ3n) is 6.74. The maximum absolute atomic E-state index is 13.6. The van der Waals surface area contributed by atoms with Gasteiger partial charge in [0.25, 0.3) is 0 Å². The number of carbonyl (C=O) groups is 2. The van der Waals surface area contributed by atoms with Gasteiger partial charge in [-0.1, -0.05) is 36.4 Å². The summed E-state index contributed by atoms with van der Waals surface area (Å²) in [5.74, 6) is -1.00. The van der Waals surface area contributed by atoms with E-state index in [2.05, 4.69) is 17.4 Å². The number of carboxylic acids is 1. The van der Waals surface area contributed by atoms with Crippen LogP contribution in [0.15, 0.2) is 47.4 Å². The Morgan fingerprint density at radius 1 is 1.20 bits per heavy atom. The summed E-state index contributed by atoms with van der Waals surface area (Å²) in [5.41, 5.74) is 4.40. The van der Waals surface area contributed by atoms with Crippen LogP contribution in [0.2, 0.25) is 0 Å². The first-order valence-corrected chi connectivity index (χ1v) is 13.4. The smallest absolute Gasteiger partial charge is 0.323 e. The van der Waals surface area contributed by atoms with Gasteiger partial charge in [-0.05, 0) is 73.8 Å². The minimum Gasteiger partial charge on any atom is -0.784 e. The van der Waals surface area contributed by atoms with Gasteiger partial charge in [-0.2, -0.15) is 0 Å². The zero-order valence-electron chi connectivity index (χ0n) is 20.1. The van der Waals surface area contributed by atoms with E-state index in [0.29, 0.717) is 18.6 Å². The molecule has 0 saturated carbocycles. The van der Waals surface area contributed by atoms with Gasteiger partial charge in [0, 0.05) is 16.7 Å². The van der Waals surface area contributed by atoms with E-state index in [4.69, 9.17) is 4.74 Å². The summed E-state index contributed by atoms with van der Waals surface area (Å²) in [6.45, 7) is 2.01. The quantitative estimate of drug-likeness (QED) is 0.490. The van der Waals surface area contributed by atoms with Crippen LogP contribution < -0.4 is 5.32 Å². The van der Waals surface area contributed by atoms with E-state index in [9.17, 15) is 19.9 Å². The fourth-order valence-electron chi connectivity index (χ4n) is 4.95. The number of thioether (sulfide) groups is 1. The van der Waals surface area contributed by atoms with Gasteiger partial charge >= 0.3 is 11.9 Å². The van der Waals surface area contributed by atoms with E-state index in [1.807, 2.05) is 30.3 Å². The lowest BCUT2D eigenvalue weighted by Crippen LogP contribution is -2.52. The summed E-state index contributed by atoms with van der Waals surface area (Å²) >= 11 is 1.56. The number of nitrogens with one attached hydrogen (secondary N) is 1. The van der Waals surface area contributed by atoms with Crippen LogP contribution in [-0.4, -0.2) is 46.7 Å². The highest BCUT2D eigenvalue weighted by atomic mass is 32.2. The number of benzene rings is 2.